The lowest BCUT2D eigenvalue weighted by Crippen LogP contribution is -2.24. The number of benzene rings is 2. The molecule has 7 heteroatoms. The summed E-state index contributed by atoms with van der Waals surface area (Å²) in [6, 6.07) is 11.5. The number of carbonyl (C=O) groups excluding carboxylic acids is 1. The molecule has 0 unspecified atom stereocenters. The van der Waals surface area contributed by atoms with Gasteiger partial charge in [-0.3, -0.25) is 4.79 Å². The molecule has 1 heterocycles. The maximum Gasteiger partial charge on any atom is 0.255 e. The average molecular weight is 374 g/mol. The molecule has 0 atom stereocenters. The van der Waals surface area contributed by atoms with Crippen LogP contribution in [0.5, 0.6) is 5.75 Å². The highest BCUT2D eigenvalue weighted by Crippen LogP contribution is 2.26. The van der Waals surface area contributed by atoms with Crippen LogP contribution in [0.15, 0.2) is 47.4 Å². The predicted molar refractivity (Wildman–Crippen MR) is 100 cm³/mol. The lowest BCUT2D eigenvalue weighted by molar-refractivity contribution is 0.102. The minimum atomic E-state index is -3.58. The largest absolute Gasteiger partial charge is 0.493 e. The van der Waals surface area contributed by atoms with Crippen molar-refractivity contribution in [3.8, 4) is 5.75 Å². The van der Waals surface area contributed by atoms with Crippen molar-refractivity contribution in [1.29, 1.82) is 0 Å². The van der Waals surface area contributed by atoms with Gasteiger partial charge in [-0.25, -0.2) is 13.1 Å². The first kappa shape index (κ1) is 18.4. The van der Waals surface area contributed by atoms with Crippen LogP contribution in [0.4, 0.5) is 5.69 Å². The Balaban J connectivity index is 1.73. The number of sulfonamides is 1. The molecule has 2 aromatic rings. The number of ether oxygens (including phenoxy) is 1. The van der Waals surface area contributed by atoms with E-state index in [4.69, 9.17) is 4.74 Å². The number of anilines is 1. The maximum absolute atomic E-state index is 12.5. The van der Waals surface area contributed by atoms with Crippen LogP contribution in [0.1, 0.15) is 35.7 Å². The number of nitrogens with one attached hydrogen (secondary N) is 2. The Hall–Kier alpha value is -2.38. The second kappa shape index (κ2) is 7.88. The van der Waals surface area contributed by atoms with Crippen molar-refractivity contribution in [3.63, 3.8) is 0 Å². The van der Waals surface area contributed by atoms with E-state index in [-0.39, 0.29) is 10.8 Å². The zero-order valence-electron chi connectivity index (χ0n) is 14.6. The fourth-order valence-electron chi connectivity index (χ4n) is 2.74. The number of unbranched alkanes of at least 4 members (excludes halogenated alkanes) is 1. The number of fused-ring (bicyclic) bond motifs is 1. The molecule has 2 aromatic carbocycles. The maximum atomic E-state index is 12.5. The van der Waals surface area contributed by atoms with Gasteiger partial charge in [0, 0.05) is 24.2 Å². The Bertz CT molecular complexity index is 910. The normalized spacial score (nSPS) is 13.1. The van der Waals surface area contributed by atoms with Crippen molar-refractivity contribution < 1.29 is 17.9 Å². The SMILES string of the molecule is CCCCNS(=O)(=O)c1cccc(NC(=O)c2ccc3c(c2)CCO3)c1. The van der Waals surface area contributed by atoms with E-state index in [1.54, 1.807) is 24.3 Å². The molecule has 6 nitrogen and oxygen atoms in total. The molecule has 26 heavy (non-hydrogen) atoms. The molecule has 1 aliphatic rings. The van der Waals surface area contributed by atoms with Gasteiger partial charge in [0.25, 0.3) is 5.91 Å². The molecular formula is C19H22N2O4S. The number of amides is 1. The second-order valence-corrected chi connectivity index (χ2v) is 7.92. The van der Waals surface area contributed by atoms with Crippen LogP contribution in [0.25, 0.3) is 0 Å². The molecule has 3 rings (SSSR count). The molecule has 0 fully saturated rings. The van der Waals surface area contributed by atoms with Crippen LogP contribution in [0, 0.1) is 0 Å². The van der Waals surface area contributed by atoms with Crippen LogP contribution in [0.2, 0.25) is 0 Å². The monoisotopic (exact) mass is 374 g/mol. The summed E-state index contributed by atoms with van der Waals surface area (Å²) in [5.74, 6) is 0.529. The fraction of sp³-hybridized carbons (Fsp3) is 0.316. The predicted octanol–water partition coefficient (Wildman–Crippen LogP) is 2.95. The van der Waals surface area contributed by atoms with Gasteiger partial charge >= 0.3 is 0 Å². The summed E-state index contributed by atoms with van der Waals surface area (Å²) in [6.07, 6.45) is 2.47. The zero-order chi connectivity index (χ0) is 18.6. The highest BCUT2D eigenvalue weighted by molar-refractivity contribution is 7.89. The summed E-state index contributed by atoms with van der Waals surface area (Å²) >= 11 is 0. The van der Waals surface area contributed by atoms with E-state index in [0.717, 1.165) is 30.6 Å². The molecule has 1 aliphatic heterocycles. The first-order chi connectivity index (χ1) is 12.5. The van der Waals surface area contributed by atoms with E-state index in [1.807, 2.05) is 13.0 Å². The van der Waals surface area contributed by atoms with Gasteiger partial charge in [0.05, 0.1) is 11.5 Å². The minimum absolute atomic E-state index is 0.133. The van der Waals surface area contributed by atoms with Crippen LogP contribution < -0.4 is 14.8 Å². The first-order valence-corrected chi connectivity index (χ1v) is 10.1. The van der Waals surface area contributed by atoms with Crippen LogP contribution in [-0.2, 0) is 16.4 Å². The van der Waals surface area contributed by atoms with Gasteiger partial charge in [0.1, 0.15) is 5.75 Å². The summed E-state index contributed by atoms with van der Waals surface area (Å²) in [5, 5.41) is 2.76. The summed E-state index contributed by atoms with van der Waals surface area (Å²) in [7, 11) is -3.58. The topological polar surface area (TPSA) is 84.5 Å². The molecule has 0 saturated heterocycles. The smallest absolute Gasteiger partial charge is 0.255 e. The summed E-state index contributed by atoms with van der Waals surface area (Å²) in [5.41, 5.74) is 1.96. The molecule has 0 spiro atoms. The summed E-state index contributed by atoms with van der Waals surface area (Å²) < 4.78 is 32.6. The molecule has 1 amide bonds. The third-order valence-electron chi connectivity index (χ3n) is 4.18. The Kier molecular flexibility index (Phi) is 5.58. The van der Waals surface area contributed by atoms with Crippen LogP contribution in [0.3, 0.4) is 0 Å². The number of carbonyl (C=O) groups is 1. The molecule has 0 saturated carbocycles. The number of hydrogen-bond donors (Lipinski definition) is 2. The van der Waals surface area contributed by atoms with E-state index >= 15 is 0 Å². The highest BCUT2D eigenvalue weighted by atomic mass is 32.2. The second-order valence-electron chi connectivity index (χ2n) is 6.15. The average Bonchev–Trinajstić information content (AvgIpc) is 3.10. The molecule has 2 N–H and O–H groups in total. The van der Waals surface area contributed by atoms with Gasteiger partial charge in [0.15, 0.2) is 0 Å². The standard InChI is InChI=1S/C19H22N2O4S/c1-2-3-10-20-26(23,24)17-6-4-5-16(13-17)21-19(22)15-7-8-18-14(12-15)9-11-25-18/h4-8,12-13,20H,2-3,9-11H2,1H3,(H,21,22). The van der Waals surface area contributed by atoms with Crippen molar-refractivity contribution in [2.24, 2.45) is 0 Å². The highest BCUT2D eigenvalue weighted by Gasteiger charge is 2.17. The van der Waals surface area contributed by atoms with E-state index in [9.17, 15) is 13.2 Å². The van der Waals surface area contributed by atoms with Crippen molar-refractivity contribution in [2.45, 2.75) is 31.1 Å². The van der Waals surface area contributed by atoms with Crippen molar-refractivity contribution >= 4 is 21.6 Å². The van der Waals surface area contributed by atoms with Gasteiger partial charge in [0.2, 0.25) is 10.0 Å². The number of rotatable bonds is 7. The van der Waals surface area contributed by atoms with E-state index in [2.05, 4.69) is 10.0 Å². The van der Waals surface area contributed by atoms with Gasteiger partial charge in [-0.15, -0.1) is 0 Å². The van der Waals surface area contributed by atoms with Crippen LogP contribution in [-0.4, -0.2) is 27.5 Å². The van der Waals surface area contributed by atoms with Crippen molar-refractivity contribution in [3.05, 3.63) is 53.6 Å². The zero-order valence-corrected chi connectivity index (χ0v) is 15.4. The van der Waals surface area contributed by atoms with Gasteiger partial charge < -0.3 is 10.1 Å². The minimum Gasteiger partial charge on any atom is -0.493 e. The van der Waals surface area contributed by atoms with Gasteiger partial charge in [-0.05, 0) is 48.4 Å². The summed E-state index contributed by atoms with van der Waals surface area (Å²) in [6.45, 7) is 3.02. The molecular weight excluding hydrogens is 352 g/mol. The first-order valence-electron chi connectivity index (χ1n) is 8.66. The quantitative estimate of drug-likeness (QED) is 0.730. The van der Waals surface area contributed by atoms with Crippen molar-refractivity contribution in [2.75, 3.05) is 18.5 Å². The molecule has 0 radical (unpaired) electrons. The van der Waals surface area contributed by atoms with E-state index in [1.165, 1.54) is 12.1 Å². The van der Waals surface area contributed by atoms with E-state index < -0.39 is 10.0 Å². The van der Waals surface area contributed by atoms with Gasteiger partial charge in [-0.2, -0.15) is 0 Å². The molecule has 0 bridgehead atoms. The Morgan fingerprint density at radius 1 is 1.19 bits per heavy atom. The molecule has 0 aromatic heterocycles. The number of hydrogen-bond acceptors (Lipinski definition) is 4. The fourth-order valence-corrected chi connectivity index (χ4v) is 3.86. The van der Waals surface area contributed by atoms with E-state index in [0.29, 0.717) is 24.4 Å². The van der Waals surface area contributed by atoms with Crippen molar-refractivity contribution in [1.82, 2.24) is 4.72 Å². The van der Waals surface area contributed by atoms with Gasteiger partial charge in [-0.1, -0.05) is 19.4 Å². The molecule has 138 valence electrons. The Labute approximate surface area is 153 Å². The Morgan fingerprint density at radius 3 is 2.85 bits per heavy atom. The lowest BCUT2D eigenvalue weighted by Gasteiger charge is -2.10. The third-order valence-corrected chi connectivity index (χ3v) is 5.63. The molecule has 0 aliphatic carbocycles. The third kappa shape index (κ3) is 4.23. The lowest BCUT2D eigenvalue weighted by atomic mass is 10.1. The summed E-state index contributed by atoms with van der Waals surface area (Å²) in [4.78, 5) is 12.6. The Morgan fingerprint density at radius 2 is 2.04 bits per heavy atom. The van der Waals surface area contributed by atoms with Crippen LogP contribution >= 0.6 is 0 Å².